The van der Waals surface area contributed by atoms with Crippen LogP contribution in [0.2, 0.25) is 0 Å². The van der Waals surface area contributed by atoms with Crippen LogP contribution in [0.3, 0.4) is 0 Å². The van der Waals surface area contributed by atoms with Crippen LogP contribution in [-0.2, 0) is 6.54 Å². The van der Waals surface area contributed by atoms with Crippen molar-refractivity contribution in [2.45, 2.75) is 6.54 Å². The molecular weight excluding hydrogens is 319 g/mol. The van der Waals surface area contributed by atoms with Gasteiger partial charge in [0.05, 0.1) is 0 Å². The van der Waals surface area contributed by atoms with Crippen LogP contribution in [0.1, 0.15) is 16.1 Å². The lowest BCUT2D eigenvalue weighted by Crippen LogP contribution is -2.21. The lowest BCUT2D eigenvalue weighted by molar-refractivity contribution is 0.102. The summed E-state index contributed by atoms with van der Waals surface area (Å²) in [5.41, 5.74) is 1.87. The summed E-state index contributed by atoms with van der Waals surface area (Å²) < 4.78 is 12.9. The van der Waals surface area contributed by atoms with Crippen LogP contribution in [-0.4, -0.2) is 22.9 Å². The Labute approximate surface area is 145 Å². The van der Waals surface area contributed by atoms with Gasteiger partial charge in [0.15, 0.2) is 0 Å². The molecule has 1 aromatic heterocycles. The van der Waals surface area contributed by atoms with Gasteiger partial charge in [0.25, 0.3) is 5.91 Å². The number of hydrogen-bond donors (Lipinski definition) is 1. The molecule has 0 saturated carbocycles. The van der Waals surface area contributed by atoms with Crippen LogP contribution in [0.15, 0.2) is 66.9 Å². The zero-order valence-electron chi connectivity index (χ0n) is 13.7. The first-order valence-electron chi connectivity index (χ1n) is 7.77. The van der Waals surface area contributed by atoms with Gasteiger partial charge in [0, 0.05) is 25.5 Å². The molecule has 0 spiro atoms. The molecule has 5 nitrogen and oxygen atoms in total. The van der Waals surface area contributed by atoms with Crippen molar-refractivity contribution in [2.75, 3.05) is 17.3 Å². The Bertz CT molecular complexity index is 853. The maximum Gasteiger partial charge on any atom is 0.274 e. The van der Waals surface area contributed by atoms with Gasteiger partial charge in [-0.2, -0.15) is 0 Å². The van der Waals surface area contributed by atoms with E-state index in [1.54, 1.807) is 12.3 Å². The van der Waals surface area contributed by atoms with Crippen molar-refractivity contribution in [1.29, 1.82) is 0 Å². The number of anilines is 2. The van der Waals surface area contributed by atoms with Crippen molar-refractivity contribution in [3.63, 3.8) is 0 Å². The second-order valence-electron chi connectivity index (χ2n) is 5.54. The molecular formula is C19H17FN4O. The van der Waals surface area contributed by atoms with Crippen molar-refractivity contribution >= 4 is 17.5 Å². The first-order valence-corrected chi connectivity index (χ1v) is 7.77. The monoisotopic (exact) mass is 336 g/mol. The minimum Gasteiger partial charge on any atom is -0.340 e. The van der Waals surface area contributed by atoms with Crippen LogP contribution in [0.4, 0.5) is 16.0 Å². The smallest absolute Gasteiger partial charge is 0.274 e. The molecule has 0 atom stereocenters. The molecule has 0 fully saturated rings. The van der Waals surface area contributed by atoms with E-state index in [1.807, 2.05) is 42.3 Å². The zero-order valence-corrected chi connectivity index (χ0v) is 13.7. The van der Waals surface area contributed by atoms with E-state index in [-0.39, 0.29) is 17.4 Å². The van der Waals surface area contributed by atoms with Gasteiger partial charge < -0.3 is 10.2 Å². The average Bonchev–Trinajstić information content (AvgIpc) is 2.64. The van der Waals surface area contributed by atoms with Crippen molar-refractivity contribution < 1.29 is 9.18 Å². The normalized spacial score (nSPS) is 10.3. The SMILES string of the molecule is CN(Cc1ccccc1)c1nccc(C(=O)Nc2ccc(F)cc2)n1. The van der Waals surface area contributed by atoms with E-state index < -0.39 is 0 Å². The van der Waals surface area contributed by atoms with Gasteiger partial charge in [0.2, 0.25) is 5.95 Å². The number of carbonyl (C=O) groups excluding carboxylic acids is 1. The third-order valence-corrected chi connectivity index (χ3v) is 3.58. The van der Waals surface area contributed by atoms with Gasteiger partial charge >= 0.3 is 0 Å². The quantitative estimate of drug-likeness (QED) is 0.775. The summed E-state index contributed by atoms with van der Waals surface area (Å²) >= 11 is 0. The molecule has 3 aromatic rings. The van der Waals surface area contributed by atoms with Crippen LogP contribution >= 0.6 is 0 Å². The molecule has 0 unspecified atom stereocenters. The van der Waals surface area contributed by atoms with Crippen molar-refractivity contribution in [3.05, 3.63) is 83.9 Å². The number of carbonyl (C=O) groups is 1. The van der Waals surface area contributed by atoms with Gasteiger partial charge in [-0.1, -0.05) is 30.3 Å². The number of amides is 1. The third kappa shape index (κ3) is 4.38. The van der Waals surface area contributed by atoms with Crippen LogP contribution < -0.4 is 10.2 Å². The lowest BCUT2D eigenvalue weighted by Gasteiger charge is -2.17. The summed E-state index contributed by atoms with van der Waals surface area (Å²) in [7, 11) is 1.87. The van der Waals surface area contributed by atoms with Crippen molar-refractivity contribution in [3.8, 4) is 0 Å². The number of halogens is 1. The zero-order chi connectivity index (χ0) is 17.6. The number of rotatable bonds is 5. The molecule has 1 amide bonds. The molecule has 6 heteroatoms. The highest BCUT2D eigenvalue weighted by molar-refractivity contribution is 6.02. The first kappa shape index (κ1) is 16.6. The van der Waals surface area contributed by atoms with E-state index >= 15 is 0 Å². The maximum atomic E-state index is 12.9. The summed E-state index contributed by atoms with van der Waals surface area (Å²) in [6.07, 6.45) is 1.55. The van der Waals surface area contributed by atoms with Gasteiger partial charge in [-0.3, -0.25) is 4.79 Å². The minimum atomic E-state index is -0.372. The molecule has 2 aromatic carbocycles. The third-order valence-electron chi connectivity index (χ3n) is 3.58. The average molecular weight is 336 g/mol. The summed E-state index contributed by atoms with van der Waals surface area (Å²) in [6.45, 7) is 0.629. The summed E-state index contributed by atoms with van der Waals surface area (Å²) in [5, 5.41) is 2.69. The highest BCUT2D eigenvalue weighted by Crippen LogP contribution is 2.13. The maximum absolute atomic E-state index is 12.9. The number of hydrogen-bond acceptors (Lipinski definition) is 4. The summed E-state index contributed by atoms with van der Waals surface area (Å²) in [6, 6.07) is 17.0. The van der Waals surface area contributed by atoms with Crippen molar-refractivity contribution in [1.82, 2.24) is 9.97 Å². The molecule has 1 heterocycles. The highest BCUT2D eigenvalue weighted by Gasteiger charge is 2.12. The minimum absolute atomic E-state index is 0.245. The largest absolute Gasteiger partial charge is 0.340 e. The molecule has 3 rings (SSSR count). The molecule has 0 radical (unpaired) electrons. The number of benzene rings is 2. The Morgan fingerprint density at radius 1 is 1.08 bits per heavy atom. The Morgan fingerprint density at radius 3 is 2.52 bits per heavy atom. The fourth-order valence-electron chi connectivity index (χ4n) is 2.32. The lowest BCUT2D eigenvalue weighted by atomic mass is 10.2. The van der Waals surface area contributed by atoms with Crippen LogP contribution in [0.25, 0.3) is 0 Å². The Kier molecular flexibility index (Phi) is 4.99. The number of nitrogens with zero attached hydrogens (tertiary/aromatic N) is 3. The summed E-state index contributed by atoms with van der Waals surface area (Å²) in [4.78, 5) is 22.7. The van der Waals surface area contributed by atoms with E-state index in [0.717, 1.165) is 5.56 Å². The second-order valence-corrected chi connectivity index (χ2v) is 5.54. The fourth-order valence-corrected chi connectivity index (χ4v) is 2.32. The molecule has 0 aliphatic heterocycles. The molecule has 25 heavy (non-hydrogen) atoms. The molecule has 126 valence electrons. The van der Waals surface area contributed by atoms with Crippen LogP contribution in [0, 0.1) is 5.82 Å². The Morgan fingerprint density at radius 2 is 1.80 bits per heavy atom. The second kappa shape index (κ2) is 7.53. The Hall–Kier alpha value is -3.28. The van der Waals surface area contributed by atoms with Gasteiger partial charge in [-0.25, -0.2) is 14.4 Å². The molecule has 0 saturated heterocycles. The summed E-state index contributed by atoms with van der Waals surface area (Å²) in [5.74, 6) is -0.274. The van der Waals surface area contributed by atoms with E-state index in [2.05, 4.69) is 15.3 Å². The van der Waals surface area contributed by atoms with E-state index in [9.17, 15) is 9.18 Å². The predicted octanol–water partition coefficient (Wildman–Crippen LogP) is 3.50. The van der Waals surface area contributed by atoms with E-state index in [0.29, 0.717) is 18.2 Å². The van der Waals surface area contributed by atoms with Gasteiger partial charge in [-0.05, 0) is 35.9 Å². The number of aromatic nitrogens is 2. The molecule has 1 N–H and O–H groups in total. The van der Waals surface area contributed by atoms with Crippen LogP contribution in [0.5, 0.6) is 0 Å². The van der Waals surface area contributed by atoms with Gasteiger partial charge in [-0.15, -0.1) is 0 Å². The predicted molar refractivity (Wildman–Crippen MR) is 94.9 cm³/mol. The molecule has 0 bridgehead atoms. The van der Waals surface area contributed by atoms with Gasteiger partial charge in [0.1, 0.15) is 11.5 Å². The topological polar surface area (TPSA) is 58.1 Å². The molecule has 0 aliphatic rings. The highest BCUT2D eigenvalue weighted by atomic mass is 19.1. The molecule has 0 aliphatic carbocycles. The Balaban J connectivity index is 1.72. The van der Waals surface area contributed by atoms with E-state index in [4.69, 9.17) is 0 Å². The van der Waals surface area contributed by atoms with Crippen molar-refractivity contribution in [2.24, 2.45) is 0 Å². The fraction of sp³-hybridized carbons (Fsp3) is 0.105. The standard InChI is InChI=1S/C19H17FN4O/c1-24(13-14-5-3-2-4-6-14)19-21-12-11-17(23-19)18(25)22-16-9-7-15(20)8-10-16/h2-12H,13H2,1H3,(H,22,25). The first-order chi connectivity index (χ1) is 12.1. The number of nitrogens with one attached hydrogen (secondary N) is 1. The van der Waals surface area contributed by atoms with E-state index in [1.165, 1.54) is 24.3 Å².